The summed E-state index contributed by atoms with van der Waals surface area (Å²) in [4.78, 5) is 11.5. The van der Waals surface area contributed by atoms with Gasteiger partial charge < -0.3 is 10.1 Å². The third kappa shape index (κ3) is 2.17. The van der Waals surface area contributed by atoms with Gasteiger partial charge in [-0.25, -0.2) is 0 Å². The zero-order valence-electron chi connectivity index (χ0n) is 9.55. The molecule has 2 fully saturated rings. The molecule has 0 spiro atoms. The van der Waals surface area contributed by atoms with Crippen LogP contribution in [-0.4, -0.2) is 25.7 Å². The summed E-state index contributed by atoms with van der Waals surface area (Å²) >= 11 is 0. The van der Waals surface area contributed by atoms with E-state index in [0.29, 0.717) is 12.5 Å². The molecule has 1 saturated carbocycles. The fourth-order valence-corrected chi connectivity index (χ4v) is 3.30. The highest BCUT2D eigenvalue weighted by molar-refractivity contribution is 5.70. The maximum atomic E-state index is 11.5. The second-order valence-electron chi connectivity index (χ2n) is 4.97. The molecule has 1 N–H and O–H groups in total. The Labute approximate surface area is 91.6 Å². The minimum Gasteiger partial charge on any atom is -0.469 e. The van der Waals surface area contributed by atoms with E-state index in [0.717, 1.165) is 6.54 Å². The van der Waals surface area contributed by atoms with E-state index in [-0.39, 0.29) is 11.4 Å². The van der Waals surface area contributed by atoms with E-state index < -0.39 is 0 Å². The summed E-state index contributed by atoms with van der Waals surface area (Å²) in [5, 5.41) is 3.58. The molecule has 2 unspecified atom stereocenters. The number of rotatable bonds is 2. The van der Waals surface area contributed by atoms with E-state index in [4.69, 9.17) is 4.74 Å². The van der Waals surface area contributed by atoms with Crippen LogP contribution in [0.2, 0.25) is 0 Å². The number of methoxy groups -OCH3 is 1. The van der Waals surface area contributed by atoms with Crippen LogP contribution in [0, 0.1) is 5.41 Å². The zero-order chi connectivity index (χ0) is 10.7. The monoisotopic (exact) mass is 211 g/mol. The minimum absolute atomic E-state index is 0.0365. The zero-order valence-corrected chi connectivity index (χ0v) is 9.55. The Morgan fingerprint density at radius 3 is 3.00 bits per heavy atom. The highest BCUT2D eigenvalue weighted by Crippen LogP contribution is 2.45. The lowest BCUT2D eigenvalue weighted by Gasteiger charge is -2.47. The quantitative estimate of drug-likeness (QED) is 0.709. The average molecular weight is 211 g/mol. The van der Waals surface area contributed by atoms with Gasteiger partial charge in [-0.05, 0) is 37.6 Å². The molecule has 86 valence electrons. The molecule has 0 aromatic rings. The number of esters is 1. The van der Waals surface area contributed by atoms with Gasteiger partial charge in [0.05, 0.1) is 13.5 Å². The van der Waals surface area contributed by atoms with Gasteiger partial charge in [0.15, 0.2) is 0 Å². The third-order valence-corrected chi connectivity index (χ3v) is 4.12. The van der Waals surface area contributed by atoms with Crippen molar-refractivity contribution in [3.05, 3.63) is 0 Å². The van der Waals surface area contributed by atoms with Gasteiger partial charge in [0.25, 0.3) is 0 Å². The molecule has 1 saturated heterocycles. The SMILES string of the molecule is COC(=O)CC12CCCCC1NCCC2. The Morgan fingerprint density at radius 1 is 1.40 bits per heavy atom. The van der Waals surface area contributed by atoms with Crippen LogP contribution in [0.15, 0.2) is 0 Å². The van der Waals surface area contributed by atoms with E-state index in [2.05, 4.69) is 5.32 Å². The number of carbonyl (C=O) groups is 1. The average Bonchev–Trinajstić information content (AvgIpc) is 2.28. The molecule has 1 aliphatic heterocycles. The largest absolute Gasteiger partial charge is 0.469 e. The van der Waals surface area contributed by atoms with E-state index in [1.54, 1.807) is 0 Å². The third-order valence-electron chi connectivity index (χ3n) is 4.12. The lowest BCUT2D eigenvalue weighted by molar-refractivity contribution is -0.145. The maximum Gasteiger partial charge on any atom is 0.306 e. The summed E-state index contributed by atoms with van der Waals surface area (Å²) in [6, 6.07) is 0.555. The van der Waals surface area contributed by atoms with Gasteiger partial charge in [0, 0.05) is 6.04 Å². The van der Waals surface area contributed by atoms with Crippen molar-refractivity contribution in [3.63, 3.8) is 0 Å². The molecule has 2 atom stereocenters. The van der Waals surface area contributed by atoms with Crippen molar-refractivity contribution in [2.75, 3.05) is 13.7 Å². The first-order valence-electron chi connectivity index (χ1n) is 6.07. The number of ether oxygens (including phenoxy) is 1. The molecule has 1 heterocycles. The predicted octanol–water partition coefficient (Wildman–Crippen LogP) is 1.86. The van der Waals surface area contributed by atoms with Crippen molar-refractivity contribution in [1.82, 2.24) is 5.32 Å². The molecular formula is C12H21NO2. The van der Waals surface area contributed by atoms with Gasteiger partial charge in [0.2, 0.25) is 0 Å². The Kier molecular flexibility index (Phi) is 3.29. The van der Waals surface area contributed by atoms with Gasteiger partial charge >= 0.3 is 5.97 Å². The Bertz CT molecular complexity index is 228. The molecule has 2 rings (SSSR count). The fourth-order valence-electron chi connectivity index (χ4n) is 3.30. The molecule has 0 amide bonds. The topological polar surface area (TPSA) is 38.3 Å². The van der Waals surface area contributed by atoms with Crippen LogP contribution in [0.5, 0.6) is 0 Å². The van der Waals surface area contributed by atoms with Crippen LogP contribution in [0.1, 0.15) is 44.9 Å². The molecular weight excluding hydrogens is 190 g/mol. The lowest BCUT2D eigenvalue weighted by atomic mass is 9.64. The number of carbonyl (C=O) groups excluding carboxylic acids is 1. The molecule has 15 heavy (non-hydrogen) atoms. The van der Waals surface area contributed by atoms with Crippen molar-refractivity contribution in [3.8, 4) is 0 Å². The van der Waals surface area contributed by atoms with Crippen LogP contribution < -0.4 is 5.32 Å². The van der Waals surface area contributed by atoms with E-state index in [9.17, 15) is 4.79 Å². The van der Waals surface area contributed by atoms with E-state index in [1.807, 2.05) is 0 Å². The molecule has 0 radical (unpaired) electrons. The van der Waals surface area contributed by atoms with Crippen molar-refractivity contribution < 1.29 is 9.53 Å². The van der Waals surface area contributed by atoms with E-state index in [1.165, 1.54) is 45.6 Å². The summed E-state index contributed by atoms with van der Waals surface area (Å²) < 4.78 is 4.83. The summed E-state index contributed by atoms with van der Waals surface area (Å²) in [7, 11) is 1.49. The first-order valence-corrected chi connectivity index (χ1v) is 6.07. The van der Waals surface area contributed by atoms with Crippen LogP contribution in [0.4, 0.5) is 0 Å². The highest BCUT2D eigenvalue weighted by atomic mass is 16.5. The summed E-state index contributed by atoms with van der Waals surface area (Å²) in [6.07, 6.45) is 8.01. The van der Waals surface area contributed by atoms with Gasteiger partial charge in [0.1, 0.15) is 0 Å². The second kappa shape index (κ2) is 4.52. The standard InChI is InChI=1S/C12H21NO2/c1-15-11(14)9-12-6-3-2-5-10(12)13-8-4-7-12/h10,13H,2-9H2,1H3. The predicted molar refractivity (Wildman–Crippen MR) is 58.6 cm³/mol. The molecule has 2 aliphatic rings. The molecule has 0 aromatic carbocycles. The fraction of sp³-hybridized carbons (Fsp3) is 0.917. The van der Waals surface area contributed by atoms with Crippen molar-refractivity contribution >= 4 is 5.97 Å². The molecule has 3 nitrogen and oxygen atoms in total. The minimum atomic E-state index is -0.0365. The molecule has 1 aliphatic carbocycles. The van der Waals surface area contributed by atoms with Crippen LogP contribution in [0.25, 0.3) is 0 Å². The van der Waals surface area contributed by atoms with Gasteiger partial charge in [-0.1, -0.05) is 12.8 Å². The molecule has 0 aromatic heterocycles. The number of piperidine rings is 1. The summed E-state index contributed by atoms with van der Waals surface area (Å²) in [5.41, 5.74) is 0.212. The number of nitrogens with one attached hydrogen (secondary N) is 1. The smallest absolute Gasteiger partial charge is 0.306 e. The molecule has 0 bridgehead atoms. The lowest BCUT2D eigenvalue weighted by Crippen LogP contribution is -2.52. The van der Waals surface area contributed by atoms with Gasteiger partial charge in [-0.3, -0.25) is 4.79 Å². The number of fused-ring (bicyclic) bond motifs is 1. The summed E-state index contributed by atoms with van der Waals surface area (Å²) in [6.45, 7) is 1.12. The van der Waals surface area contributed by atoms with Crippen molar-refractivity contribution in [2.24, 2.45) is 5.41 Å². The summed E-state index contributed by atoms with van der Waals surface area (Å²) in [5.74, 6) is -0.0365. The Hall–Kier alpha value is -0.570. The van der Waals surface area contributed by atoms with Crippen molar-refractivity contribution in [2.45, 2.75) is 51.0 Å². The van der Waals surface area contributed by atoms with Gasteiger partial charge in [-0.15, -0.1) is 0 Å². The second-order valence-corrected chi connectivity index (χ2v) is 4.97. The van der Waals surface area contributed by atoms with Crippen LogP contribution in [0.3, 0.4) is 0 Å². The first kappa shape index (κ1) is 10.9. The Balaban J connectivity index is 2.08. The van der Waals surface area contributed by atoms with E-state index >= 15 is 0 Å². The van der Waals surface area contributed by atoms with Crippen molar-refractivity contribution in [1.29, 1.82) is 0 Å². The normalized spacial score (nSPS) is 35.7. The highest BCUT2D eigenvalue weighted by Gasteiger charge is 2.43. The Morgan fingerprint density at radius 2 is 2.20 bits per heavy atom. The van der Waals surface area contributed by atoms with Crippen LogP contribution >= 0.6 is 0 Å². The molecule has 3 heteroatoms. The van der Waals surface area contributed by atoms with Crippen LogP contribution in [-0.2, 0) is 9.53 Å². The number of hydrogen-bond acceptors (Lipinski definition) is 3. The maximum absolute atomic E-state index is 11.5. The first-order chi connectivity index (χ1) is 7.27. The number of hydrogen-bond donors (Lipinski definition) is 1. The van der Waals surface area contributed by atoms with Gasteiger partial charge in [-0.2, -0.15) is 0 Å².